The van der Waals surface area contributed by atoms with Gasteiger partial charge in [0.1, 0.15) is 0 Å². The van der Waals surface area contributed by atoms with E-state index in [1.807, 2.05) is 6.92 Å². The third-order valence-electron chi connectivity index (χ3n) is 4.05. The number of hydrogen-bond acceptors (Lipinski definition) is 4. The molecule has 0 spiro atoms. The molecule has 2 rings (SSSR count). The van der Waals surface area contributed by atoms with E-state index in [0.29, 0.717) is 17.8 Å². The normalized spacial score (nSPS) is 20.2. The van der Waals surface area contributed by atoms with Crippen molar-refractivity contribution in [2.45, 2.75) is 38.8 Å². The van der Waals surface area contributed by atoms with E-state index in [2.05, 4.69) is 22.2 Å². The van der Waals surface area contributed by atoms with E-state index in [1.54, 1.807) is 11.0 Å². The van der Waals surface area contributed by atoms with Crippen LogP contribution in [0.4, 0.5) is 5.69 Å². The lowest BCUT2D eigenvalue weighted by Crippen LogP contribution is -2.52. The maximum atomic E-state index is 12.5. The molecule has 1 aliphatic rings. The highest BCUT2D eigenvalue weighted by Crippen LogP contribution is 2.19. The smallest absolute Gasteiger partial charge is 0.253 e. The summed E-state index contributed by atoms with van der Waals surface area (Å²) < 4.78 is 0. The van der Waals surface area contributed by atoms with Gasteiger partial charge in [0.05, 0.1) is 17.4 Å². The van der Waals surface area contributed by atoms with Crippen LogP contribution in [0.5, 0.6) is 0 Å². The molecule has 7 nitrogen and oxygen atoms in total. The summed E-state index contributed by atoms with van der Waals surface area (Å²) in [5, 5.41) is 5.53. The molecule has 0 aliphatic carbocycles. The van der Waals surface area contributed by atoms with Gasteiger partial charge in [-0.15, -0.1) is 0 Å². The zero-order valence-electron chi connectivity index (χ0n) is 13.9. The predicted molar refractivity (Wildman–Crippen MR) is 90.4 cm³/mol. The highest BCUT2D eigenvalue weighted by Gasteiger charge is 2.29. The summed E-state index contributed by atoms with van der Waals surface area (Å²) in [4.78, 5) is 41.3. The number of piperidine rings is 1. The average molecular weight is 330 g/mol. The molecular weight excluding hydrogens is 308 g/mol. The number of carbonyl (C=O) groups excluding carboxylic acids is 3. The Kier molecular flexibility index (Phi) is 5.68. The summed E-state index contributed by atoms with van der Waals surface area (Å²) in [5.74, 6) is -0.706. The molecule has 0 bridgehead atoms. The molecule has 0 saturated carbocycles. The Morgan fingerprint density at radius 1 is 1.38 bits per heavy atom. The van der Waals surface area contributed by atoms with E-state index in [4.69, 9.17) is 0 Å². The van der Waals surface area contributed by atoms with Crippen molar-refractivity contribution in [3.8, 4) is 0 Å². The van der Waals surface area contributed by atoms with Crippen LogP contribution in [0, 0.1) is 0 Å². The van der Waals surface area contributed by atoms with Crippen molar-refractivity contribution >= 4 is 23.4 Å². The number of rotatable bonds is 4. The maximum absolute atomic E-state index is 12.5. The molecule has 128 valence electrons. The van der Waals surface area contributed by atoms with Gasteiger partial charge in [0, 0.05) is 31.7 Å². The van der Waals surface area contributed by atoms with Crippen LogP contribution in [0.3, 0.4) is 0 Å². The van der Waals surface area contributed by atoms with Gasteiger partial charge in [-0.2, -0.15) is 0 Å². The molecule has 1 aliphatic heterocycles. The Bertz CT molecular complexity index is 659. The van der Waals surface area contributed by atoms with Crippen molar-refractivity contribution < 1.29 is 14.4 Å². The topological polar surface area (TPSA) is 91.4 Å². The first kappa shape index (κ1) is 17.7. The molecule has 24 heavy (non-hydrogen) atoms. The van der Waals surface area contributed by atoms with Gasteiger partial charge < -0.3 is 15.5 Å². The second-order valence-electron chi connectivity index (χ2n) is 5.89. The van der Waals surface area contributed by atoms with Crippen molar-refractivity contribution in [2.75, 3.05) is 11.9 Å². The monoisotopic (exact) mass is 330 g/mol. The highest BCUT2D eigenvalue weighted by atomic mass is 16.2. The lowest BCUT2D eigenvalue weighted by atomic mass is 9.98. The number of nitrogens with zero attached hydrogens (tertiary/aromatic N) is 2. The van der Waals surface area contributed by atoms with Gasteiger partial charge in [0.25, 0.3) is 5.91 Å². The van der Waals surface area contributed by atoms with Crippen LogP contribution >= 0.6 is 0 Å². The molecular formula is C17H22N4O3. The molecule has 2 N–H and O–H groups in total. The third kappa shape index (κ3) is 4.18. The minimum atomic E-state index is -0.299. The van der Waals surface area contributed by atoms with Crippen molar-refractivity contribution in [3.05, 3.63) is 36.7 Å². The molecule has 3 amide bonds. The van der Waals surface area contributed by atoms with Gasteiger partial charge >= 0.3 is 0 Å². The number of nitrogens with one attached hydrogen (secondary N) is 2. The lowest BCUT2D eigenvalue weighted by Gasteiger charge is -2.37. The van der Waals surface area contributed by atoms with Gasteiger partial charge in [0.2, 0.25) is 11.8 Å². The van der Waals surface area contributed by atoms with Gasteiger partial charge in [-0.3, -0.25) is 19.4 Å². The van der Waals surface area contributed by atoms with Crippen molar-refractivity contribution in [2.24, 2.45) is 0 Å². The summed E-state index contributed by atoms with van der Waals surface area (Å²) >= 11 is 0. The van der Waals surface area contributed by atoms with E-state index < -0.39 is 0 Å². The molecule has 1 aromatic rings. The van der Waals surface area contributed by atoms with Gasteiger partial charge in [-0.25, -0.2) is 0 Å². The predicted octanol–water partition coefficient (Wildman–Crippen LogP) is 1.34. The average Bonchev–Trinajstić information content (AvgIpc) is 2.55. The minimum Gasteiger partial charge on any atom is -0.347 e. The molecule has 0 aromatic carbocycles. The van der Waals surface area contributed by atoms with Crippen LogP contribution in [-0.4, -0.2) is 46.2 Å². The number of aromatic nitrogens is 1. The van der Waals surface area contributed by atoms with E-state index in [0.717, 1.165) is 12.8 Å². The Morgan fingerprint density at radius 3 is 2.79 bits per heavy atom. The first-order valence-electron chi connectivity index (χ1n) is 7.88. The lowest BCUT2D eigenvalue weighted by molar-refractivity contribution is -0.129. The third-order valence-corrected chi connectivity index (χ3v) is 4.05. The molecule has 1 fully saturated rings. The largest absolute Gasteiger partial charge is 0.347 e. The van der Waals surface area contributed by atoms with E-state index >= 15 is 0 Å². The second-order valence-corrected chi connectivity index (χ2v) is 5.89. The zero-order valence-corrected chi connectivity index (χ0v) is 13.9. The molecule has 1 aromatic heterocycles. The molecule has 2 unspecified atom stereocenters. The van der Waals surface area contributed by atoms with Crippen molar-refractivity contribution in [1.29, 1.82) is 0 Å². The number of hydrogen-bond donors (Lipinski definition) is 2. The van der Waals surface area contributed by atoms with Crippen LogP contribution in [0.1, 0.15) is 37.0 Å². The van der Waals surface area contributed by atoms with Crippen molar-refractivity contribution in [1.82, 2.24) is 15.2 Å². The number of pyridine rings is 1. The van der Waals surface area contributed by atoms with E-state index in [-0.39, 0.29) is 29.8 Å². The highest BCUT2D eigenvalue weighted by molar-refractivity contribution is 6.03. The molecule has 7 heteroatoms. The first-order valence-corrected chi connectivity index (χ1v) is 7.88. The Hall–Kier alpha value is -2.70. The van der Waals surface area contributed by atoms with Crippen LogP contribution in [-0.2, 0) is 9.59 Å². The summed E-state index contributed by atoms with van der Waals surface area (Å²) in [6.07, 6.45) is 5.82. The molecule has 2 atom stereocenters. The number of carbonyl (C=O) groups is 3. The fraction of sp³-hybridized carbons (Fsp3) is 0.412. The van der Waals surface area contributed by atoms with E-state index in [9.17, 15) is 14.4 Å². The van der Waals surface area contributed by atoms with Gasteiger partial charge in [0.15, 0.2) is 0 Å². The maximum Gasteiger partial charge on any atom is 0.253 e. The fourth-order valence-corrected chi connectivity index (χ4v) is 2.79. The van der Waals surface area contributed by atoms with Gasteiger partial charge in [-0.05, 0) is 31.9 Å². The van der Waals surface area contributed by atoms with Crippen molar-refractivity contribution in [3.63, 3.8) is 0 Å². The first-order chi connectivity index (χ1) is 11.4. The standard InChI is InChI=1S/C17H22N4O3/c1-4-16(23)21-10-13(6-5-11(21)2)20-17(24)14-7-8-18-9-15(14)19-12(3)22/h4,7-9,11,13H,1,5-6,10H2,2-3H3,(H,19,22)(H,20,24). The minimum absolute atomic E-state index is 0.125. The number of likely N-dealkylation sites (tertiary alicyclic amines) is 1. The Balaban J connectivity index is 2.08. The molecule has 2 heterocycles. The number of amides is 3. The second kappa shape index (κ2) is 7.72. The van der Waals surface area contributed by atoms with Gasteiger partial charge in [-0.1, -0.05) is 6.58 Å². The summed E-state index contributed by atoms with van der Waals surface area (Å²) in [6.45, 7) is 7.31. The van der Waals surface area contributed by atoms with Crippen LogP contribution in [0.25, 0.3) is 0 Å². The zero-order chi connectivity index (χ0) is 17.7. The summed E-state index contributed by atoms with van der Waals surface area (Å²) in [6, 6.07) is 1.54. The van der Waals surface area contributed by atoms with Crippen LogP contribution < -0.4 is 10.6 Å². The Labute approximate surface area is 141 Å². The SMILES string of the molecule is C=CC(=O)N1CC(NC(=O)c2ccncc2NC(C)=O)CCC1C. The summed E-state index contributed by atoms with van der Waals surface area (Å²) in [7, 11) is 0. The summed E-state index contributed by atoms with van der Waals surface area (Å²) in [5.41, 5.74) is 0.714. The Morgan fingerprint density at radius 2 is 2.12 bits per heavy atom. The fourth-order valence-electron chi connectivity index (χ4n) is 2.79. The number of anilines is 1. The van der Waals surface area contributed by atoms with E-state index in [1.165, 1.54) is 25.4 Å². The van der Waals surface area contributed by atoms with Crippen LogP contribution in [0.15, 0.2) is 31.1 Å². The molecule has 1 saturated heterocycles. The molecule has 0 radical (unpaired) electrons. The quantitative estimate of drug-likeness (QED) is 0.815. The van der Waals surface area contributed by atoms with Crippen LogP contribution in [0.2, 0.25) is 0 Å².